The molecule has 218 valence electrons. The first kappa shape index (κ1) is 26.9. The molecule has 2 aromatic heterocycles. The Labute approximate surface area is 243 Å². The second-order valence-corrected chi connectivity index (χ2v) is 15.1. The van der Waals surface area contributed by atoms with Crippen LogP contribution in [0.25, 0.3) is 10.9 Å². The van der Waals surface area contributed by atoms with Crippen molar-refractivity contribution in [1.82, 2.24) is 15.2 Å². The molecule has 2 N–H and O–H groups in total. The van der Waals surface area contributed by atoms with Gasteiger partial charge in [-0.05, 0) is 118 Å². The van der Waals surface area contributed by atoms with E-state index in [4.69, 9.17) is 4.42 Å². The summed E-state index contributed by atoms with van der Waals surface area (Å²) in [6, 6.07) is 12.2. The number of hydrogen-bond acceptors (Lipinski definition) is 3. The first-order valence-corrected chi connectivity index (χ1v) is 15.7. The fourth-order valence-electron chi connectivity index (χ4n) is 9.63. The molecule has 4 bridgehead atoms. The summed E-state index contributed by atoms with van der Waals surface area (Å²) >= 11 is 0. The summed E-state index contributed by atoms with van der Waals surface area (Å²) in [5.41, 5.74) is 2.56. The predicted octanol–water partition coefficient (Wildman–Crippen LogP) is 7.09. The molecule has 1 aromatic carbocycles. The van der Waals surface area contributed by atoms with E-state index in [-0.39, 0.29) is 41.1 Å². The summed E-state index contributed by atoms with van der Waals surface area (Å²) in [6.07, 6.45) is 9.31. The second kappa shape index (κ2) is 9.24. The third-order valence-corrected chi connectivity index (χ3v) is 11.5. The van der Waals surface area contributed by atoms with E-state index in [9.17, 15) is 9.59 Å². The van der Waals surface area contributed by atoms with Gasteiger partial charge in [-0.3, -0.25) is 9.59 Å². The molecule has 0 radical (unpaired) electrons. The molecule has 5 aliphatic rings. The van der Waals surface area contributed by atoms with Crippen molar-refractivity contribution in [1.29, 1.82) is 0 Å². The number of hydrogen-bond donors (Lipinski definition) is 2. The Kier molecular flexibility index (Phi) is 6.05. The Hall–Kier alpha value is -3.02. The fraction of sp³-hybridized carbons (Fsp3) is 0.600. The summed E-state index contributed by atoms with van der Waals surface area (Å²) in [6.45, 7) is 10.8. The number of H-pyrrole nitrogens is 1. The van der Waals surface area contributed by atoms with Gasteiger partial charge >= 0.3 is 0 Å². The summed E-state index contributed by atoms with van der Waals surface area (Å²) in [5.74, 6) is 3.41. The zero-order chi connectivity index (χ0) is 28.7. The van der Waals surface area contributed by atoms with Crippen molar-refractivity contribution in [2.45, 2.75) is 103 Å². The number of fused-ring (bicyclic) bond motifs is 1. The Balaban J connectivity index is 1.13. The lowest BCUT2D eigenvalue weighted by Gasteiger charge is -2.57. The fourth-order valence-corrected chi connectivity index (χ4v) is 9.63. The normalized spacial score (nSPS) is 31.4. The van der Waals surface area contributed by atoms with E-state index in [0.717, 1.165) is 42.5 Å². The van der Waals surface area contributed by atoms with Crippen LogP contribution in [0.1, 0.15) is 95.6 Å². The summed E-state index contributed by atoms with van der Waals surface area (Å²) in [5, 5.41) is 4.81. The highest BCUT2D eigenvalue weighted by atomic mass is 16.3. The molecule has 6 heteroatoms. The molecule has 5 fully saturated rings. The van der Waals surface area contributed by atoms with E-state index in [0.29, 0.717) is 12.2 Å². The number of nitrogens with one attached hydrogen (secondary N) is 2. The van der Waals surface area contributed by atoms with Gasteiger partial charge in [0.25, 0.3) is 0 Å². The molecule has 2 amide bonds. The van der Waals surface area contributed by atoms with Gasteiger partial charge in [-0.25, -0.2) is 0 Å². The number of aryl methyl sites for hydroxylation is 1. The molecule has 41 heavy (non-hydrogen) atoms. The minimum atomic E-state index is -1.00. The van der Waals surface area contributed by atoms with Crippen LogP contribution in [0.5, 0.6) is 0 Å². The van der Waals surface area contributed by atoms with Gasteiger partial charge in [0.05, 0.1) is 12.8 Å². The molecule has 0 saturated heterocycles. The number of carbonyl (C=O) groups excluding carboxylic acids is 2. The molecular weight excluding hydrogens is 510 g/mol. The van der Waals surface area contributed by atoms with E-state index in [1.54, 1.807) is 11.2 Å². The number of furan rings is 1. The Morgan fingerprint density at radius 2 is 1.68 bits per heavy atom. The van der Waals surface area contributed by atoms with Crippen molar-refractivity contribution < 1.29 is 14.0 Å². The van der Waals surface area contributed by atoms with Gasteiger partial charge < -0.3 is 19.6 Å². The molecule has 6 nitrogen and oxygen atoms in total. The van der Waals surface area contributed by atoms with E-state index in [2.05, 4.69) is 55.3 Å². The van der Waals surface area contributed by atoms with Crippen LogP contribution in [-0.2, 0) is 16.1 Å². The van der Waals surface area contributed by atoms with Crippen molar-refractivity contribution >= 4 is 22.7 Å². The lowest BCUT2D eigenvalue weighted by atomic mass is 9.53. The number of aromatic amines is 1. The molecule has 8 rings (SSSR count). The monoisotopic (exact) mass is 555 g/mol. The maximum absolute atomic E-state index is 14.3. The highest BCUT2D eigenvalue weighted by molar-refractivity contribution is 5.92. The highest BCUT2D eigenvalue weighted by Gasteiger charge is 2.60. The maximum Gasteiger partial charge on any atom is 0.245 e. The zero-order valence-electron chi connectivity index (χ0n) is 25.3. The highest BCUT2D eigenvalue weighted by Crippen LogP contribution is 2.67. The average molecular weight is 556 g/mol. The number of aromatic nitrogens is 1. The first-order valence-electron chi connectivity index (χ1n) is 15.7. The van der Waals surface area contributed by atoms with Gasteiger partial charge in [0.2, 0.25) is 11.8 Å². The second-order valence-electron chi connectivity index (χ2n) is 15.1. The van der Waals surface area contributed by atoms with E-state index in [1.165, 1.54) is 35.9 Å². The van der Waals surface area contributed by atoms with Crippen molar-refractivity contribution in [2.24, 2.45) is 29.1 Å². The standard InChI is InChI=1S/C35H45N3O3/c1-21-30(26-10-6-7-11-28(26)36-21)31-27(33(31,2)3)16-29(39)38(20-25-9-8-12-41-25)34(4,5)32(40)37-35-17-22-13-23(18-35)15-24(14-22)19-35/h6-12,22-24,27,31,36H,13-20H2,1-5H3,(H,37,40)/t22?,23?,24?,27-,31+,35?/m1/s1. The van der Waals surface area contributed by atoms with Crippen LogP contribution in [0, 0.1) is 36.0 Å². The SMILES string of the molecule is Cc1[nH]c2ccccc2c1[C@@H]1[C@@H](CC(=O)N(Cc2ccco2)C(C)(C)C(=O)NC23CC4CC(CC(C4)C2)C3)C1(C)C. The van der Waals surface area contributed by atoms with E-state index >= 15 is 0 Å². The first-order chi connectivity index (χ1) is 19.5. The predicted molar refractivity (Wildman–Crippen MR) is 160 cm³/mol. The van der Waals surface area contributed by atoms with E-state index in [1.807, 2.05) is 26.0 Å². The lowest BCUT2D eigenvalue weighted by Crippen LogP contribution is -2.65. The van der Waals surface area contributed by atoms with Crippen molar-refractivity contribution in [3.05, 3.63) is 59.7 Å². The summed E-state index contributed by atoms with van der Waals surface area (Å²) < 4.78 is 5.70. The molecule has 3 aromatic rings. The van der Waals surface area contributed by atoms with Crippen LogP contribution < -0.4 is 5.32 Å². The summed E-state index contributed by atoms with van der Waals surface area (Å²) in [7, 11) is 0. The average Bonchev–Trinajstić information content (AvgIpc) is 3.27. The van der Waals surface area contributed by atoms with Gasteiger partial charge in [-0.15, -0.1) is 0 Å². The molecule has 0 spiro atoms. The molecule has 5 aliphatic carbocycles. The molecule has 0 unspecified atom stereocenters. The number of carbonyl (C=O) groups is 2. The van der Waals surface area contributed by atoms with Crippen LogP contribution in [0.3, 0.4) is 0 Å². The number of rotatable bonds is 8. The number of amides is 2. The smallest absolute Gasteiger partial charge is 0.245 e. The van der Waals surface area contributed by atoms with E-state index < -0.39 is 5.54 Å². The Morgan fingerprint density at radius 1 is 1.02 bits per heavy atom. The van der Waals surface area contributed by atoms with Crippen LogP contribution in [-0.4, -0.2) is 32.8 Å². The third-order valence-electron chi connectivity index (χ3n) is 11.5. The largest absolute Gasteiger partial charge is 0.467 e. The topological polar surface area (TPSA) is 78.3 Å². The molecule has 2 atom stereocenters. The molecule has 0 aliphatic heterocycles. The molecule has 5 saturated carbocycles. The minimum Gasteiger partial charge on any atom is -0.467 e. The van der Waals surface area contributed by atoms with Crippen molar-refractivity contribution in [2.75, 3.05) is 0 Å². The van der Waals surface area contributed by atoms with Crippen LogP contribution in [0.4, 0.5) is 0 Å². The zero-order valence-corrected chi connectivity index (χ0v) is 25.3. The lowest BCUT2D eigenvalue weighted by molar-refractivity contribution is -0.150. The molecular formula is C35H45N3O3. The van der Waals surface area contributed by atoms with Gasteiger partial charge in [0.1, 0.15) is 11.3 Å². The number of nitrogens with zero attached hydrogens (tertiary/aromatic N) is 1. The van der Waals surface area contributed by atoms with Gasteiger partial charge in [0.15, 0.2) is 0 Å². The van der Waals surface area contributed by atoms with Crippen molar-refractivity contribution in [3.63, 3.8) is 0 Å². The van der Waals surface area contributed by atoms with Crippen LogP contribution in [0.15, 0.2) is 47.1 Å². The quantitative estimate of drug-likeness (QED) is 0.311. The van der Waals surface area contributed by atoms with Crippen molar-refractivity contribution in [3.8, 4) is 0 Å². The van der Waals surface area contributed by atoms with Gasteiger partial charge in [-0.2, -0.15) is 0 Å². The van der Waals surface area contributed by atoms with Crippen LogP contribution >= 0.6 is 0 Å². The number of benzene rings is 1. The Morgan fingerprint density at radius 3 is 2.32 bits per heavy atom. The van der Waals surface area contributed by atoms with Gasteiger partial charge in [0, 0.05) is 28.6 Å². The maximum atomic E-state index is 14.3. The Bertz CT molecular complexity index is 1440. The summed E-state index contributed by atoms with van der Waals surface area (Å²) in [4.78, 5) is 33.8. The van der Waals surface area contributed by atoms with Crippen LogP contribution in [0.2, 0.25) is 0 Å². The third kappa shape index (κ3) is 4.44. The number of para-hydroxylation sites is 1. The minimum absolute atomic E-state index is 0.00661. The van der Waals surface area contributed by atoms with Gasteiger partial charge in [-0.1, -0.05) is 32.0 Å². The molecule has 2 heterocycles.